The van der Waals surface area contributed by atoms with Crippen LogP contribution in [-0.4, -0.2) is 12.6 Å². The van der Waals surface area contributed by atoms with Crippen molar-refractivity contribution in [1.29, 1.82) is 0 Å². The van der Waals surface area contributed by atoms with E-state index in [0.717, 1.165) is 23.2 Å². The van der Waals surface area contributed by atoms with Gasteiger partial charge >= 0.3 is 0 Å². The molecule has 0 aliphatic heterocycles. The molecule has 1 saturated carbocycles. The Kier molecular flexibility index (Phi) is 4.08. The molecule has 16 heavy (non-hydrogen) atoms. The van der Waals surface area contributed by atoms with Crippen molar-refractivity contribution in [1.82, 2.24) is 0 Å². The van der Waals surface area contributed by atoms with Gasteiger partial charge in [0.1, 0.15) is 0 Å². The number of hydrogen-bond donors (Lipinski definition) is 2. The predicted molar refractivity (Wildman–Crippen MR) is 69.9 cm³/mol. The molecule has 0 heterocycles. The van der Waals surface area contributed by atoms with Crippen LogP contribution in [0.1, 0.15) is 25.7 Å². The van der Waals surface area contributed by atoms with Crippen molar-refractivity contribution >= 4 is 17.3 Å². The number of halogens is 1. The van der Waals surface area contributed by atoms with Crippen LogP contribution in [0.3, 0.4) is 0 Å². The number of benzene rings is 1. The molecular weight excluding hydrogens is 220 g/mol. The van der Waals surface area contributed by atoms with Crippen LogP contribution in [-0.2, 0) is 0 Å². The first-order valence-electron chi connectivity index (χ1n) is 5.99. The quantitative estimate of drug-likeness (QED) is 0.848. The summed E-state index contributed by atoms with van der Waals surface area (Å²) in [5.74, 6) is 0.774. The van der Waals surface area contributed by atoms with Crippen molar-refractivity contribution in [3.63, 3.8) is 0 Å². The number of rotatable bonds is 3. The molecule has 1 fully saturated rings. The summed E-state index contributed by atoms with van der Waals surface area (Å²) in [5, 5.41) is 4.24. The Labute approximate surface area is 102 Å². The molecule has 2 nitrogen and oxygen atoms in total. The number of nitrogens with one attached hydrogen (secondary N) is 1. The Hall–Kier alpha value is -0.730. The van der Waals surface area contributed by atoms with Gasteiger partial charge in [-0.2, -0.15) is 0 Å². The SMILES string of the molecule is N[C@H]1CC[C@H](CNc2ccc(Cl)cc2)CC1. The Balaban J connectivity index is 1.77. The molecule has 1 aromatic carbocycles. The Morgan fingerprint density at radius 3 is 2.38 bits per heavy atom. The van der Waals surface area contributed by atoms with E-state index in [1.165, 1.54) is 25.7 Å². The molecule has 3 N–H and O–H groups in total. The highest BCUT2D eigenvalue weighted by Crippen LogP contribution is 2.23. The van der Waals surface area contributed by atoms with Gasteiger partial charge in [-0.3, -0.25) is 0 Å². The highest BCUT2D eigenvalue weighted by atomic mass is 35.5. The maximum absolute atomic E-state index is 5.89. The second-order valence-corrected chi connectivity index (χ2v) is 5.11. The molecule has 0 aromatic heterocycles. The van der Waals surface area contributed by atoms with Gasteiger partial charge < -0.3 is 11.1 Å². The first-order chi connectivity index (χ1) is 7.74. The summed E-state index contributed by atoms with van der Waals surface area (Å²) in [6, 6.07) is 8.32. The largest absolute Gasteiger partial charge is 0.385 e. The zero-order valence-electron chi connectivity index (χ0n) is 9.45. The van der Waals surface area contributed by atoms with E-state index in [1.807, 2.05) is 24.3 Å². The molecule has 0 radical (unpaired) electrons. The predicted octanol–water partition coefficient (Wildman–Crippen LogP) is 3.27. The summed E-state index contributed by atoms with van der Waals surface area (Å²) in [4.78, 5) is 0. The Morgan fingerprint density at radius 2 is 1.75 bits per heavy atom. The molecule has 1 aromatic rings. The van der Waals surface area contributed by atoms with Crippen LogP contribution in [0.25, 0.3) is 0 Å². The fourth-order valence-corrected chi connectivity index (χ4v) is 2.35. The molecule has 0 unspecified atom stereocenters. The van der Waals surface area contributed by atoms with Gasteiger partial charge in [-0.1, -0.05) is 11.6 Å². The Morgan fingerprint density at radius 1 is 1.12 bits per heavy atom. The number of anilines is 1. The van der Waals surface area contributed by atoms with Crippen molar-refractivity contribution in [2.75, 3.05) is 11.9 Å². The van der Waals surface area contributed by atoms with E-state index < -0.39 is 0 Å². The third-order valence-electron chi connectivity index (χ3n) is 3.33. The lowest BCUT2D eigenvalue weighted by Gasteiger charge is -2.26. The second kappa shape index (κ2) is 5.55. The van der Waals surface area contributed by atoms with Gasteiger partial charge in [0.25, 0.3) is 0 Å². The molecule has 0 bridgehead atoms. The van der Waals surface area contributed by atoms with Crippen molar-refractivity contribution in [3.8, 4) is 0 Å². The van der Waals surface area contributed by atoms with Gasteiger partial charge in [0.2, 0.25) is 0 Å². The summed E-state index contributed by atoms with van der Waals surface area (Å²) in [6.07, 6.45) is 4.85. The maximum Gasteiger partial charge on any atom is 0.0407 e. The summed E-state index contributed by atoms with van der Waals surface area (Å²) in [5.41, 5.74) is 7.04. The average Bonchev–Trinajstić information content (AvgIpc) is 2.30. The van der Waals surface area contributed by atoms with Crippen molar-refractivity contribution in [3.05, 3.63) is 29.3 Å². The summed E-state index contributed by atoms with van der Waals surface area (Å²) >= 11 is 5.83. The summed E-state index contributed by atoms with van der Waals surface area (Å²) in [6.45, 7) is 1.05. The minimum Gasteiger partial charge on any atom is -0.385 e. The second-order valence-electron chi connectivity index (χ2n) is 4.67. The van der Waals surface area contributed by atoms with E-state index in [4.69, 9.17) is 17.3 Å². The van der Waals surface area contributed by atoms with Gasteiger partial charge in [-0.05, 0) is 55.9 Å². The fourth-order valence-electron chi connectivity index (χ4n) is 2.22. The van der Waals surface area contributed by atoms with E-state index in [0.29, 0.717) is 6.04 Å². The Bertz CT molecular complexity index is 315. The molecule has 0 spiro atoms. The summed E-state index contributed by atoms with van der Waals surface area (Å²) in [7, 11) is 0. The fraction of sp³-hybridized carbons (Fsp3) is 0.538. The molecule has 0 amide bonds. The lowest BCUT2D eigenvalue weighted by atomic mass is 9.86. The normalized spacial score (nSPS) is 25.4. The van der Waals surface area contributed by atoms with Gasteiger partial charge in [0.05, 0.1) is 0 Å². The number of hydrogen-bond acceptors (Lipinski definition) is 2. The minimum atomic E-state index is 0.437. The third kappa shape index (κ3) is 3.39. The minimum absolute atomic E-state index is 0.437. The first-order valence-corrected chi connectivity index (χ1v) is 6.37. The van der Waals surface area contributed by atoms with E-state index in [9.17, 15) is 0 Å². The lowest BCUT2D eigenvalue weighted by Crippen LogP contribution is -2.29. The van der Waals surface area contributed by atoms with Crippen LogP contribution < -0.4 is 11.1 Å². The van der Waals surface area contributed by atoms with Crippen molar-refractivity contribution < 1.29 is 0 Å². The van der Waals surface area contributed by atoms with Crippen LogP contribution in [0.15, 0.2) is 24.3 Å². The molecule has 1 aliphatic carbocycles. The molecule has 2 rings (SSSR count). The van der Waals surface area contributed by atoms with E-state index in [-0.39, 0.29) is 0 Å². The highest BCUT2D eigenvalue weighted by molar-refractivity contribution is 6.30. The van der Waals surface area contributed by atoms with Crippen LogP contribution in [0.5, 0.6) is 0 Å². The van der Waals surface area contributed by atoms with Crippen molar-refractivity contribution in [2.45, 2.75) is 31.7 Å². The molecular formula is C13H19ClN2. The molecule has 3 heteroatoms. The molecule has 1 aliphatic rings. The van der Waals surface area contributed by atoms with Gasteiger partial charge in [-0.25, -0.2) is 0 Å². The third-order valence-corrected chi connectivity index (χ3v) is 3.58. The van der Waals surface area contributed by atoms with Crippen LogP contribution in [0.2, 0.25) is 5.02 Å². The van der Waals surface area contributed by atoms with Gasteiger partial charge in [0, 0.05) is 23.3 Å². The summed E-state index contributed by atoms with van der Waals surface area (Å²) < 4.78 is 0. The van der Waals surface area contributed by atoms with Crippen LogP contribution in [0, 0.1) is 5.92 Å². The van der Waals surface area contributed by atoms with Gasteiger partial charge in [0.15, 0.2) is 0 Å². The molecule has 0 atom stereocenters. The van der Waals surface area contributed by atoms with Crippen LogP contribution >= 0.6 is 11.6 Å². The molecule has 0 saturated heterocycles. The van der Waals surface area contributed by atoms with Crippen molar-refractivity contribution in [2.24, 2.45) is 11.7 Å². The first kappa shape index (κ1) is 11.7. The van der Waals surface area contributed by atoms with Crippen LogP contribution in [0.4, 0.5) is 5.69 Å². The topological polar surface area (TPSA) is 38.0 Å². The standard InChI is InChI=1S/C13H19ClN2/c14-11-3-7-13(8-4-11)16-9-10-1-5-12(15)6-2-10/h3-4,7-8,10,12,16H,1-2,5-6,9,15H2/t10-,12-. The lowest BCUT2D eigenvalue weighted by molar-refractivity contribution is 0.339. The van der Waals surface area contributed by atoms with Gasteiger partial charge in [-0.15, -0.1) is 0 Å². The smallest absolute Gasteiger partial charge is 0.0407 e. The maximum atomic E-state index is 5.89. The van der Waals surface area contributed by atoms with E-state index >= 15 is 0 Å². The molecule has 88 valence electrons. The zero-order valence-corrected chi connectivity index (χ0v) is 10.2. The monoisotopic (exact) mass is 238 g/mol. The highest BCUT2D eigenvalue weighted by Gasteiger charge is 2.17. The van der Waals surface area contributed by atoms with E-state index in [2.05, 4.69) is 5.32 Å². The average molecular weight is 239 g/mol. The number of nitrogens with two attached hydrogens (primary N) is 1. The zero-order chi connectivity index (χ0) is 11.4. The van der Waals surface area contributed by atoms with E-state index in [1.54, 1.807) is 0 Å².